The second-order valence-corrected chi connectivity index (χ2v) is 5.61. The van der Waals surface area contributed by atoms with Gasteiger partial charge < -0.3 is 5.73 Å². The third-order valence-electron chi connectivity index (χ3n) is 3.38. The van der Waals surface area contributed by atoms with Gasteiger partial charge in [-0.15, -0.1) is 0 Å². The molecule has 1 aromatic carbocycles. The highest BCUT2D eigenvalue weighted by molar-refractivity contribution is 7.99. The first kappa shape index (κ1) is 11.0. The molecule has 1 saturated heterocycles. The van der Waals surface area contributed by atoms with E-state index in [0.717, 1.165) is 6.54 Å². The molecule has 1 aliphatic rings. The van der Waals surface area contributed by atoms with E-state index in [1.54, 1.807) is 0 Å². The molecule has 1 aliphatic heterocycles. The Bertz CT molecular complexity index is 312. The maximum Gasteiger partial charge on any atom is 0.0166 e. The van der Waals surface area contributed by atoms with E-state index in [0.29, 0.717) is 0 Å². The van der Waals surface area contributed by atoms with E-state index in [2.05, 4.69) is 31.2 Å². The van der Waals surface area contributed by atoms with Gasteiger partial charge in [-0.05, 0) is 31.1 Å². The van der Waals surface area contributed by atoms with Crippen molar-refractivity contribution in [1.29, 1.82) is 0 Å². The zero-order valence-electron chi connectivity index (χ0n) is 9.33. The van der Waals surface area contributed by atoms with Crippen LogP contribution in [-0.2, 0) is 5.41 Å². The molecule has 2 heteroatoms. The molecule has 1 fully saturated rings. The van der Waals surface area contributed by atoms with Gasteiger partial charge in [0.05, 0.1) is 0 Å². The van der Waals surface area contributed by atoms with Crippen molar-refractivity contribution in [3.63, 3.8) is 0 Å². The maximum atomic E-state index is 5.99. The van der Waals surface area contributed by atoms with E-state index in [1.165, 1.54) is 35.5 Å². The lowest BCUT2D eigenvalue weighted by Gasteiger charge is -2.36. The highest BCUT2D eigenvalue weighted by Crippen LogP contribution is 2.36. The summed E-state index contributed by atoms with van der Waals surface area (Å²) in [4.78, 5) is 0. The van der Waals surface area contributed by atoms with Crippen LogP contribution in [0, 0.1) is 6.92 Å². The van der Waals surface area contributed by atoms with E-state index in [4.69, 9.17) is 5.73 Å². The Morgan fingerprint density at radius 1 is 1.33 bits per heavy atom. The molecule has 82 valence electrons. The fourth-order valence-corrected chi connectivity index (χ4v) is 3.58. The van der Waals surface area contributed by atoms with Gasteiger partial charge in [0.15, 0.2) is 0 Å². The van der Waals surface area contributed by atoms with Crippen LogP contribution in [0.3, 0.4) is 0 Å². The molecule has 1 unspecified atom stereocenters. The molecular weight excluding hydrogens is 202 g/mol. The second kappa shape index (κ2) is 4.58. The Morgan fingerprint density at radius 3 is 2.60 bits per heavy atom. The van der Waals surface area contributed by atoms with Gasteiger partial charge >= 0.3 is 0 Å². The molecule has 1 nitrogen and oxygen atoms in total. The van der Waals surface area contributed by atoms with Gasteiger partial charge in [-0.1, -0.05) is 29.8 Å². The smallest absolute Gasteiger partial charge is 0.0166 e. The zero-order chi connectivity index (χ0) is 10.7. The Kier molecular flexibility index (Phi) is 3.37. The van der Waals surface area contributed by atoms with Crippen molar-refractivity contribution < 1.29 is 0 Å². The monoisotopic (exact) mass is 221 g/mol. The molecule has 2 N–H and O–H groups in total. The molecule has 0 aliphatic carbocycles. The van der Waals surface area contributed by atoms with Crippen molar-refractivity contribution in [2.75, 3.05) is 18.1 Å². The lowest BCUT2D eigenvalue weighted by atomic mass is 9.78. The topological polar surface area (TPSA) is 26.0 Å². The van der Waals surface area contributed by atoms with Crippen molar-refractivity contribution in [2.45, 2.75) is 25.2 Å². The maximum absolute atomic E-state index is 5.99. The first-order valence-corrected chi connectivity index (χ1v) is 6.77. The van der Waals surface area contributed by atoms with E-state index in [9.17, 15) is 0 Å². The van der Waals surface area contributed by atoms with E-state index < -0.39 is 0 Å². The molecule has 0 bridgehead atoms. The summed E-state index contributed by atoms with van der Waals surface area (Å²) in [6.07, 6.45) is 2.55. The molecule has 15 heavy (non-hydrogen) atoms. The number of benzene rings is 1. The van der Waals surface area contributed by atoms with Crippen LogP contribution < -0.4 is 5.73 Å². The molecule has 0 radical (unpaired) electrons. The summed E-state index contributed by atoms with van der Waals surface area (Å²) in [7, 11) is 0. The van der Waals surface area contributed by atoms with Crippen LogP contribution >= 0.6 is 11.8 Å². The predicted molar refractivity (Wildman–Crippen MR) is 68.5 cm³/mol. The van der Waals surface area contributed by atoms with Crippen molar-refractivity contribution in [1.82, 2.24) is 0 Å². The van der Waals surface area contributed by atoms with E-state index >= 15 is 0 Å². The summed E-state index contributed by atoms with van der Waals surface area (Å²) in [5, 5.41) is 0. The SMILES string of the molecule is Cc1ccc(C2(CN)CCCSC2)cc1. The fraction of sp³-hybridized carbons (Fsp3) is 0.538. The Hall–Kier alpha value is -0.470. The van der Waals surface area contributed by atoms with E-state index in [-0.39, 0.29) is 5.41 Å². The van der Waals surface area contributed by atoms with Crippen molar-refractivity contribution in [3.05, 3.63) is 35.4 Å². The molecular formula is C13H19NS. The summed E-state index contributed by atoms with van der Waals surface area (Å²) >= 11 is 2.05. The summed E-state index contributed by atoms with van der Waals surface area (Å²) in [5.74, 6) is 2.49. The van der Waals surface area contributed by atoms with Crippen LogP contribution in [0.15, 0.2) is 24.3 Å². The van der Waals surface area contributed by atoms with Gasteiger partial charge in [-0.2, -0.15) is 11.8 Å². The molecule has 2 rings (SSSR count). The van der Waals surface area contributed by atoms with Gasteiger partial charge in [-0.25, -0.2) is 0 Å². The summed E-state index contributed by atoms with van der Waals surface area (Å²) < 4.78 is 0. The number of hydrogen-bond donors (Lipinski definition) is 1. The number of nitrogens with two attached hydrogens (primary N) is 1. The summed E-state index contributed by atoms with van der Waals surface area (Å²) in [6, 6.07) is 8.92. The van der Waals surface area contributed by atoms with Crippen molar-refractivity contribution in [3.8, 4) is 0 Å². The zero-order valence-corrected chi connectivity index (χ0v) is 10.1. The van der Waals surface area contributed by atoms with Crippen LogP contribution in [0.5, 0.6) is 0 Å². The van der Waals surface area contributed by atoms with Gasteiger partial charge in [0.2, 0.25) is 0 Å². The summed E-state index contributed by atoms with van der Waals surface area (Å²) in [5.41, 5.74) is 9.00. The molecule has 0 aromatic heterocycles. The molecule has 0 amide bonds. The molecule has 1 aromatic rings. The Morgan fingerprint density at radius 2 is 2.07 bits per heavy atom. The van der Waals surface area contributed by atoms with Crippen LogP contribution in [0.1, 0.15) is 24.0 Å². The minimum Gasteiger partial charge on any atom is -0.330 e. The van der Waals surface area contributed by atoms with Crippen LogP contribution in [0.4, 0.5) is 0 Å². The molecule has 0 saturated carbocycles. The highest BCUT2D eigenvalue weighted by atomic mass is 32.2. The third kappa shape index (κ3) is 2.21. The average Bonchev–Trinajstić information content (AvgIpc) is 2.31. The predicted octanol–water partition coefficient (Wildman–Crippen LogP) is 2.72. The first-order chi connectivity index (χ1) is 7.27. The number of rotatable bonds is 2. The van der Waals surface area contributed by atoms with Gasteiger partial charge in [-0.3, -0.25) is 0 Å². The first-order valence-electron chi connectivity index (χ1n) is 5.62. The standard InChI is InChI=1S/C13H19NS/c1-11-3-5-12(6-4-11)13(9-14)7-2-8-15-10-13/h3-6H,2,7-10,14H2,1H3. The highest BCUT2D eigenvalue weighted by Gasteiger charge is 2.32. The van der Waals surface area contributed by atoms with Gasteiger partial charge in [0.25, 0.3) is 0 Å². The number of thioether (sulfide) groups is 1. The lowest BCUT2D eigenvalue weighted by Crippen LogP contribution is -2.39. The van der Waals surface area contributed by atoms with Gasteiger partial charge in [0.1, 0.15) is 0 Å². The Labute approximate surface area is 96.4 Å². The van der Waals surface area contributed by atoms with Crippen LogP contribution in [-0.4, -0.2) is 18.1 Å². The molecule has 1 atom stereocenters. The Balaban J connectivity index is 2.28. The molecule has 1 heterocycles. The molecule has 0 spiro atoms. The second-order valence-electron chi connectivity index (χ2n) is 4.51. The lowest BCUT2D eigenvalue weighted by molar-refractivity contribution is 0.439. The van der Waals surface area contributed by atoms with E-state index in [1.807, 2.05) is 11.8 Å². The minimum absolute atomic E-state index is 0.247. The fourth-order valence-electron chi connectivity index (χ4n) is 2.27. The number of aryl methyl sites for hydroxylation is 1. The van der Waals surface area contributed by atoms with Crippen LogP contribution in [0.25, 0.3) is 0 Å². The quantitative estimate of drug-likeness (QED) is 0.831. The average molecular weight is 221 g/mol. The minimum atomic E-state index is 0.247. The summed E-state index contributed by atoms with van der Waals surface area (Å²) in [6.45, 7) is 2.91. The third-order valence-corrected chi connectivity index (χ3v) is 4.71. The van der Waals surface area contributed by atoms with Crippen molar-refractivity contribution >= 4 is 11.8 Å². The van der Waals surface area contributed by atoms with Crippen LogP contribution in [0.2, 0.25) is 0 Å². The number of hydrogen-bond acceptors (Lipinski definition) is 2. The normalized spacial score (nSPS) is 26.5. The largest absolute Gasteiger partial charge is 0.330 e. The van der Waals surface area contributed by atoms with Gasteiger partial charge in [0, 0.05) is 17.7 Å². The van der Waals surface area contributed by atoms with Crippen molar-refractivity contribution in [2.24, 2.45) is 5.73 Å².